The van der Waals surface area contributed by atoms with E-state index >= 15 is 0 Å². The zero-order chi connectivity index (χ0) is 15.7. The second-order valence-corrected chi connectivity index (χ2v) is 5.63. The Bertz CT molecular complexity index is 813. The van der Waals surface area contributed by atoms with Gasteiger partial charge in [0.15, 0.2) is 0 Å². The van der Waals surface area contributed by atoms with E-state index in [-0.39, 0.29) is 5.91 Å². The first-order chi connectivity index (χ1) is 10.6. The van der Waals surface area contributed by atoms with Crippen LogP contribution < -0.4 is 5.32 Å². The van der Waals surface area contributed by atoms with Crippen LogP contribution in [-0.4, -0.2) is 5.91 Å². The summed E-state index contributed by atoms with van der Waals surface area (Å²) in [5, 5.41) is 3.91. The third-order valence-corrected chi connectivity index (χ3v) is 4.02. The molecule has 3 aromatic rings. The van der Waals surface area contributed by atoms with E-state index in [1.807, 2.05) is 13.0 Å². The standard InChI is InChI=1S/C18H19NO3/c1-11-7-12(2)17-14(10-22-18(17)13(11)3)8-16(20)19-9-15-5-4-6-21-15/h4-7,10H,8-9H2,1-3H3,(H,19,20). The van der Waals surface area contributed by atoms with Crippen molar-refractivity contribution in [3.05, 3.63) is 58.7 Å². The first-order valence-electron chi connectivity index (χ1n) is 7.32. The summed E-state index contributed by atoms with van der Waals surface area (Å²) in [5.74, 6) is 0.699. The third-order valence-electron chi connectivity index (χ3n) is 4.02. The van der Waals surface area contributed by atoms with Crippen LogP contribution in [0, 0.1) is 20.8 Å². The molecule has 0 aliphatic heterocycles. The van der Waals surface area contributed by atoms with Crippen molar-refractivity contribution in [1.29, 1.82) is 0 Å². The van der Waals surface area contributed by atoms with Gasteiger partial charge in [-0.2, -0.15) is 0 Å². The van der Waals surface area contributed by atoms with E-state index in [0.717, 1.165) is 33.4 Å². The molecule has 1 N–H and O–H groups in total. The van der Waals surface area contributed by atoms with Crippen LogP contribution in [-0.2, 0) is 17.8 Å². The topological polar surface area (TPSA) is 55.4 Å². The molecule has 0 radical (unpaired) electrons. The maximum atomic E-state index is 12.1. The number of hydrogen-bond acceptors (Lipinski definition) is 3. The second-order valence-electron chi connectivity index (χ2n) is 5.63. The molecule has 2 heterocycles. The first kappa shape index (κ1) is 14.4. The highest BCUT2D eigenvalue weighted by atomic mass is 16.3. The van der Waals surface area contributed by atoms with Gasteiger partial charge >= 0.3 is 0 Å². The quantitative estimate of drug-likeness (QED) is 0.796. The molecule has 0 fully saturated rings. The Hall–Kier alpha value is -2.49. The third kappa shape index (κ3) is 2.64. The van der Waals surface area contributed by atoms with Crippen molar-refractivity contribution in [2.75, 3.05) is 0 Å². The molecule has 0 atom stereocenters. The number of carbonyl (C=O) groups excluding carboxylic acids is 1. The van der Waals surface area contributed by atoms with Gasteiger partial charge in [-0.05, 0) is 49.6 Å². The molecule has 0 spiro atoms. The zero-order valence-electron chi connectivity index (χ0n) is 13.0. The molecule has 1 amide bonds. The van der Waals surface area contributed by atoms with Crippen molar-refractivity contribution < 1.29 is 13.6 Å². The van der Waals surface area contributed by atoms with Gasteiger partial charge in [-0.15, -0.1) is 0 Å². The van der Waals surface area contributed by atoms with Gasteiger partial charge in [-0.1, -0.05) is 6.07 Å². The SMILES string of the molecule is Cc1cc(C)c2c(CC(=O)NCc3ccco3)coc2c1C. The molecular weight excluding hydrogens is 278 g/mol. The zero-order valence-corrected chi connectivity index (χ0v) is 13.0. The molecule has 0 bridgehead atoms. The fourth-order valence-electron chi connectivity index (χ4n) is 2.75. The number of aryl methyl sites for hydroxylation is 3. The average molecular weight is 297 g/mol. The van der Waals surface area contributed by atoms with Gasteiger partial charge in [-0.3, -0.25) is 4.79 Å². The number of hydrogen-bond donors (Lipinski definition) is 1. The van der Waals surface area contributed by atoms with E-state index in [1.165, 1.54) is 5.56 Å². The summed E-state index contributed by atoms with van der Waals surface area (Å²) in [6, 6.07) is 5.78. The largest absolute Gasteiger partial charge is 0.467 e. The monoisotopic (exact) mass is 297 g/mol. The predicted octanol–water partition coefficient (Wildman–Crippen LogP) is 3.81. The summed E-state index contributed by atoms with van der Waals surface area (Å²) in [6.45, 7) is 6.56. The summed E-state index contributed by atoms with van der Waals surface area (Å²) in [4.78, 5) is 12.1. The summed E-state index contributed by atoms with van der Waals surface area (Å²) in [6.07, 6.45) is 3.59. The highest BCUT2D eigenvalue weighted by molar-refractivity contribution is 5.91. The lowest BCUT2D eigenvalue weighted by molar-refractivity contribution is -0.120. The number of fused-ring (bicyclic) bond motifs is 1. The summed E-state index contributed by atoms with van der Waals surface area (Å²) in [5.41, 5.74) is 5.27. The lowest BCUT2D eigenvalue weighted by Gasteiger charge is -2.06. The van der Waals surface area contributed by atoms with Gasteiger partial charge in [0.2, 0.25) is 5.91 Å². The molecule has 4 heteroatoms. The molecule has 3 rings (SSSR count). The van der Waals surface area contributed by atoms with Crippen molar-refractivity contribution in [3.8, 4) is 0 Å². The van der Waals surface area contributed by atoms with Crippen molar-refractivity contribution >= 4 is 16.9 Å². The Morgan fingerprint density at radius 1 is 1.18 bits per heavy atom. The Balaban J connectivity index is 1.79. The van der Waals surface area contributed by atoms with Crippen LogP contribution in [0.15, 0.2) is 39.6 Å². The van der Waals surface area contributed by atoms with E-state index in [9.17, 15) is 4.79 Å². The highest BCUT2D eigenvalue weighted by Gasteiger charge is 2.15. The minimum absolute atomic E-state index is 0.0447. The molecule has 0 saturated heterocycles. The maximum Gasteiger partial charge on any atom is 0.224 e. The van der Waals surface area contributed by atoms with Gasteiger partial charge in [0.05, 0.1) is 25.5 Å². The molecule has 4 nitrogen and oxygen atoms in total. The van der Waals surface area contributed by atoms with Gasteiger partial charge in [0.25, 0.3) is 0 Å². The summed E-state index contributed by atoms with van der Waals surface area (Å²) < 4.78 is 10.9. The Kier molecular flexibility index (Phi) is 3.75. The molecule has 22 heavy (non-hydrogen) atoms. The van der Waals surface area contributed by atoms with Crippen LogP contribution in [0.25, 0.3) is 11.0 Å². The van der Waals surface area contributed by atoms with Gasteiger partial charge in [0, 0.05) is 10.9 Å². The fourth-order valence-corrected chi connectivity index (χ4v) is 2.75. The molecule has 1 aromatic carbocycles. The smallest absolute Gasteiger partial charge is 0.224 e. The normalized spacial score (nSPS) is 11.0. The molecule has 0 unspecified atom stereocenters. The Morgan fingerprint density at radius 3 is 2.73 bits per heavy atom. The lowest BCUT2D eigenvalue weighted by Crippen LogP contribution is -2.24. The van der Waals surface area contributed by atoms with E-state index < -0.39 is 0 Å². The molecule has 2 aromatic heterocycles. The van der Waals surface area contributed by atoms with Crippen molar-refractivity contribution in [1.82, 2.24) is 5.32 Å². The Morgan fingerprint density at radius 2 is 2.00 bits per heavy atom. The van der Waals surface area contributed by atoms with Crippen molar-refractivity contribution in [3.63, 3.8) is 0 Å². The number of benzene rings is 1. The van der Waals surface area contributed by atoms with E-state index in [2.05, 4.69) is 25.2 Å². The van der Waals surface area contributed by atoms with Gasteiger partial charge in [-0.25, -0.2) is 0 Å². The first-order valence-corrected chi connectivity index (χ1v) is 7.32. The van der Waals surface area contributed by atoms with Crippen molar-refractivity contribution in [2.24, 2.45) is 0 Å². The van der Waals surface area contributed by atoms with Crippen LogP contribution in [0.5, 0.6) is 0 Å². The molecule has 114 valence electrons. The minimum Gasteiger partial charge on any atom is -0.467 e. The van der Waals surface area contributed by atoms with Crippen molar-refractivity contribution in [2.45, 2.75) is 33.7 Å². The lowest BCUT2D eigenvalue weighted by atomic mass is 9.99. The van der Waals surface area contributed by atoms with E-state index in [0.29, 0.717) is 13.0 Å². The van der Waals surface area contributed by atoms with Crippen LogP contribution in [0.2, 0.25) is 0 Å². The van der Waals surface area contributed by atoms with Crippen LogP contribution in [0.3, 0.4) is 0 Å². The van der Waals surface area contributed by atoms with E-state index in [1.54, 1.807) is 18.6 Å². The predicted molar refractivity (Wildman–Crippen MR) is 84.7 cm³/mol. The minimum atomic E-state index is -0.0447. The maximum absolute atomic E-state index is 12.1. The highest BCUT2D eigenvalue weighted by Crippen LogP contribution is 2.30. The Labute approximate surface area is 129 Å². The fraction of sp³-hybridized carbons (Fsp3) is 0.278. The number of carbonyl (C=O) groups is 1. The van der Waals surface area contributed by atoms with Gasteiger partial charge in [0.1, 0.15) is 11.3 Å². The number of nitrogens with one attached hydrogen (secondary N) is 1. The molecule has 0 saturated carbocycles. The summed E-state index contributed by atoms with van der Waals surface area (Å²) in [7, 11) is 0. The molecule has 0 aliphatic carbocycles. The van der Waals surface area contributed by atoms with Crippen LogP contribution in [0.4, 0.5) is 0 Å². The van der Waals surface area contributed by atoms with Crippen LogP contribution >= 0.6 is 0 Å². The van der Waals surface area contributed by atoms with Crippen LogP contribution in [0.1, 0.15) is 28.0 Å². The van der Waals surface area contributed by atoms with E-state index in [4.69, 9.17) is 8.83 Å². The molecular formula is C18H19NO3. The summed E-state index contributed by atoms with van der Waals surface area (Å²) >= 11 is 0. The average Bonchev–Trinajstić information content (AvgIpc) is 3.12. The van der Waals surface area contributed by atoms with Gasteiger partial charge < -0.3 is 14.2 Å². The molecule has 0 aliphatic rings. The number of rotatable bonds is 4. The number of amides is 1. The number of furan rings is 2. The second kappa shape index (κ2) is 5.72.